The Morgan fingerprint density at radius 2 is 1.92 bits per heavy atom. The number of hydrogen-bond acceptors (Lipinski definition) is 5. The van der Waals surface area contributed by atoms with Crippen LogP contribution in [0.3, 0.4) is 0 Å². The van der Waals surface area contributed by atoms with Crippen molar-refractivity contribution in [2.75, 3.05) is 13.0 Å². The number of ketones is 1. The molecule has 0 aromatic rings. The van der Waals surface area contributed by atoms with Gasteiger partial charge >= 0.3 is 13.6 Å². The highest BCUT2D eigenvalue weighted by atomic mass is 31.2. The maximum Gasteiger partial charge on any atom is 0.372 e. The second-order valence-electron chi connectivity index (χ2n) is 2.10. The summed E-state index contributed by atoms with van der Waals surface area (Å²) in [6, 6.07) is 0. The van der Waals surface area contributed by atoms with E-state index < -0.39 is 38.7 Å². The monoisotopic (exact) mass is 212 g/mol. The van der Waals surface area contributed by atoms with Gasteiger partial charge in [-0.05, 0) is 0 Å². The van der Waals surface area contributed by atoms with Crippen LogP contribution in [-0.4, -0.2) is 39.8 Å². The summed E-state index contributed by atoms with van der Waals surface area (Å²) in [5.74, 6) is -2.83. The van der Waals surface area contributed by atoms with Crippen LogP contribution in [0.4, 0.5) is 0 Å². The molecule has 8 heteroatoms. The van der Waals surface area contributed by atoms with E-state index in [9.17, 15) is 14.2 Å². The first-order chi connectivity index (χ1) is 5.89. The molecule has 0 saturated carbocycles. The molecule has 76 valence electrons. The van der Waals surface area contributed by atoms with Crippen LogP contribution in [-0.2, 0) is 18.7 Å². The van der Waals surface area contributed by atoms with Crippen molar-refractivity contribution in [3.05, 3.63) is 0 Å². The van der Waals surface area contributed by atoms with Gasteiger partial charge in [-0.1, -0.05) is 0 Å². The van der Waals surface area contributed by atoms with Gasteiger partial charge in [0.05, 0.1) is 6.16 Å². The lowest BCUT2D eigenvalue weighted by atomic mass is 10.3. The van der Waals surface area contributed by atoms with Crippen LogP contribution in [0.25, 0.3) is 0 Å². The lowest BCUT2D eigenvalue weighted by molar-refractivity contribution is -0.148. The molecule has 0 aromatic heterocycles. The van der Waals surface area contributed by atoms with Crippen molar-refractivity contribution in [3.63, 3.8) is 0 Å². The normalized spacial score (nSPS) is 14.9. The predicted molar refractivity (Wildman–Crippen MR) is 40.1 cm³/mol. The zero-order chi connectivity index (χ0) is 10.5. The third-order valence-electron chi connectivity index (χ3n) is 1.12. The molecule has 0 saturated heterocycles. The van der Waals surface area contributed by atoms with Crippen LogP contribution < -0.4 is 0 Å². The van der Waals surface area contributed by atoms with Gasteiger partial charge in [-0.3, -0.25) is 13.9 Å². The molecule has 0 radical (unpaired) electrons. The van der Waals surface area contributed by atoms with E-state index in [0.717, 1.165) is 0 Å². The van der Waals surface area contributed by atoms with E-state index in [-0.39, 0.29) is 0 Å². The smallest absolute Gasteiger partial charge is 0.372 e. The molecule has 1 unspecified atom stereocenters. The van der Waals surface area contributed by atoms with E-state index >= 15 is 0 Å². The third kappa shape index (κ3) is 5.48. The fourth-order valence-electron chi connectivity index (χ4n) is 0.505. The molecule has 0 aromatic carbocycles. The fourth-order valence-corrected chi connectivity index (χ4v) is 1.30. The van der Waals surface area contributed by atoms with Crippen molar-refractivity contribution in [1.29, 1.82) is 0 Å². The van der Waals surface area contributed by atoms with Crippen molar-refractivity contribution in [3.8, 4) is 0 Å². The Morgan fingerprint density at radius 1 is 1.38 bits per heavy atom. The largest absolute Gasteiger partial charge is 0.476 e. The van der Waals surface area contributed by atoms with Crippen molar-refractivity contribution in [2.45, 2.75) is 6.42 Å². The highest BCUT2D eigenvalue weighted by molar-refractivity contribution is 7.52. The second kappa shape index (κ2) is 5.08. The summed E-state index contributed by atoms with van der Waals surface area (Å²) in [4.78, 5) is 29.2. The molecule has 0 bridgehead atoms. The first kappa shape index (κ1) is 12.2. The molecular weight excluding hydrogens is 203 g/mol. The van der Waals surface area contributed by atoms with E-state index in [2.05, 4.69) is 4.52 Å². The lowest BCUT2D eigenvalue weighted by Crippen LogP contribution is -2.14. The van der Waals surface area contributed by atoms with E-state index in [1.807, 2.05) is 0 Å². The maximum atomic E-state index is 10.8. The van der Waals surface area contributed by atoms with Crippen LogP contribution in [0.15, 0.2) is 0 Å². The minimum atomic E-state index is -4.02. The second-order valence-corrected chi connectivity index (χ2v) is 4.08. The highest BCUT2D eigenvalue weighted by Gasteiger charge is 2.22. The van der Waals surface area contributed by atoms with Crippen molar-refractivity contribution in [1.82, 2.24) is 0 Å². The van der Waals surface area contributed by atoms with Gasteiger partial charge in [0.1, 0.15) is 0 Å². The SMILES string of the molecule is O=C(O)C(=O)CCP(=O)(O)OCO. The number of Topliss-reactive ketones (excluding diaryl/α,β-unsaturated/α-hetero) is 1. The number of hydrogen-bond donors (Lipinski definition) is 3. The minimum absolute atomic E-state index is 0.594. The summed E-state index contributed by atoms with van der Waals surface area (Å²) < 4.78 is 14.8. The average Bonchev–Trinajstić information content (AvgIpc) is 2.00. The highest BCUT2D eigenvalue weighted by Crippen LogP contribution is 2.41. The molecule has 0 rings (SSSR count). The zero-order valence-corrected chi connectivity index (χ0v) is 7.44. The van der Waals surface area contributed by atoms with Gasteiger partial charge < -0.3 is 15.1 Å². The predicted octanol–water partition coefficient (Wildman–Crippen LogP) is -0.818. The van der Waals surface area contributed by atoms with Gasteiger partial charge in [-0.25, -0.2) is 4.79 Å². The summed E-state index contributed by atoms with van der Waals surface area (Å²) in [6.07, 6.45) is -1.21. The fraction of sp³-hybridized carbons (Fsp3) is 0.600. The Hall–Kier alpha value is -0.750. The van der Waals surface area contributed by atoms with E-state index in [4.69, 9.17) is 15.1 Å². The molecule has 0 spiro atoms. The molecule has 0 aliphatic heterocycles. The van der Waals surface area contributed by atoms with Crippen molar-refractivity contribution < 1.29 is 33.8 Å². The van der Waals surface area contributed by atoms with Gasteiger partial charge in [0.15, 0.2) is 6.79 Å². The summed E-state index contributed by atoms with van der Waals surface area (Å²) in [6.45, 7) is -0.949. The number of carbonyl (C=O) groups is 2. The van der Waals surface area contributed by atoms with Gasteiger partial charge in [0.2, 0.25) is 5.78 Å². The third-order valence-corrected chi connectivity index (χ3v) is 2.43. The quantitative estimate of drug-likeness (QED) is 0.298. The van der Waals surface area contributed by atoms with Crippen LogP contribution in [0.5, 0.6) is 0 Å². The van der Waals surface area contributed by atoms with Crippen LogP contribution >= 0.6 is 7.60 Å². The van der Waals surface area contributed by atoms with Crippen LogP contribution in [0.1, 0.15) is 6.42 Å². The van der Waals surface area contributed by atoms with E-state index in [1.165, 1.54) is 0 Å². The molecule has 0 amide bonds. The Kier molecular flexibility index (Phi) is 4.79. The Balaban J connectivity index is 3.95. The molecule has 13 heavy (non-hydrogen) atoms. The van der Waals surface area contributed by atoms with Crippen LogP contribution in [0, 0.1) is 0 Å². The summed E-state index contributed by atoms with van der Waals surface area (Å²) in [5.41, 5.74) is 0. The number of carbonyl (C=O) groups excluding carboxylic acids is 1. The summed E-state index contributed by atoms with van der Waals surface area (Å²) in [7, 11) is -4.02. The van der Waals surface area contributed by atoms with E-state index in [0.29, 0.717) is 0 Å². The average molecular weight is 212 g/mol. The van der Waals surface area contributed by atoms with Gasteiger partial charge in [0.25, 0.3) is 0 Å². The molecule has 0 fully saturated rings. The number of aliphatic carboxylic acids is 1. The lowest BCUT2D eigenvalue weighted by Gasteiger charge is -2.07. The minimum Gasteiger partial charge on any atom is -0.476 e. The number of aliphatic hydroxyl groups excluding tert-OH is 1. The molecular formula is C5H9O7P. The zero-order valence-electron chi connectivity index (χ0n) is 6.54. The van der Waals surface area contributed by atoms with Gasteiger partial charge in [-0.15, -0.1) is 0 Å². The molecule has 0 aliphatic rings. The molecule has 3 N–H and O–H groups in total. The van der Waals surface area contributed by atoms with E-state index in [1.54, 1.807) is 0 Å². The molecule has 0 aliphatic carbocycles. The number of rotatable bonds is 6. The van der Waals surface area contributed by atoms with Gasteiger partial charge in [0, 0.05) is 6.42 Å². The van der Waals surface area contributed by atoms with Crippen molar-refractivity contribution >= 4 is 19.3 Å². The number of carboxylic acid groups (broad SMARTS) is 1. The van der Waals surface area contributed by atoms with Crippen molar-refractivity contribution in [2.24, 2.45) is 0 Å². The summed E-state index contributed by atoms with van der Waals surface area (Å²) >= 11 is 0. The summed E-state index contributed by atoms with van der Waals surface area (Å²) in [5, 5.41) is 16.2. The molecule has 1 atom stereocenters. The Bertz CT molecular complexity index is 247. The first-order valence-electron chi connectivity index (χ1n) is 3.22. The standard InChI is InChI=1S/C5H9O7P/c6-3-12-13(10,11)2-1-4(7)5(8)9/h6H,1-3H2,(H,8,9)(H,10,11). The Morgan fingerprint density at radius 3 is 2.31 bits per heavy atom. The molecule has 0 heterocycles. The van der Waals surface area contributed by atoms with Gasteiger partial charge in [-0.2, -0.15) is 0 Å². The maximum absolute atomic E-state index is 10.8. The van der Waals surface area contributed by atoms with Crippen LogP contribution in [0.2, 0.25) is 0 Å². The first-order valence-corrected chi connectivity index (χ1v) is 4.98. The number of aliphatic hydroxyl groups is 1. The topological polar surface area (TPSA) is 121 Å². The Labute approximate surface area is 73.5 Å². The number of carboxylic acids is 1. The molecule has 7 nitrogen and oxygen atoms in total.